The van der Waals surface area contributed by atoms with Crippen molar-refractivity contribution in [2.45, 2.75) is 0 Å². The lowest BCUT2D eigenvalue weighted by atomic mass is 9.99. The van der Waals surface area contributed by atoms with Gasteiger partial charge in [0.1, 0.15) is 5.58 Å². The largest absolute Gasteiger partial charge is 0.453 e. The van der Waals surface area contributed by atoms with Gasteiger partial charge in [0, 0.05) is 49.6 Å². The summed E-state index contributed by atoms with van der Waals surface area (Å²) in [5, 5.41) is 7.02. The van der Waals surface area contributed by atoms with Crippen molar-refractivity contribution >= 4 is 71.6 Å². The Morgan fingerprint density at radius 1 is 0.408 bits per heavy atom. The monoisotopic (exact) mass is 626 g/mol. The van der Waals surface area contributed by atoms with E-state index in [0.717, 1.165) is 61.2 Å². The number of aromatic amines is 1. The number of fused-ring (bicyclic) bond motifs is 7. The molecule has 3 nitrogen and oxygen atoms in total. The molecule has 0 saturated carbocycles. The average Bonchev–Trinajstić information content (AvgIpc) is 3.75. The highest BCUT2D eigenvalue weighted by Crippen LogP contribution is 2.45. The molecule has 10 aromatic rings. The molecule has 0 atom stereocenters. The molecule has 2 aromatic heterocycles. The molecule has 0 unspecified atom stereocenters. The standard InChI is InChI=1S/C46H30N2O/c1-2-11-30(12-3-1)32-23-26-34(27-24-32)48(35-28-25-31-13-4-5-14-33(31)29-35)43-22-10-20-41-40-19-9-18-39(45(40)49-46(41)43)38-17-8-16-37-36-15-6-7-21-42(36)47-44(37)38/h1-29,47H. The second kappa shape index (κ2) is 11.0. The zero-order valence-corrected chi connectivity index (χ0v) is 26.6. The Kier molecular flexibility index (Phi) is 6.18. The highest BCUT2D eigenvalue weighted by atomic mass is 16.3. The first-order chi connectivity index (χ1) is 24.3. The molecule has 3 heteroatoms. The maximum absolute atomic E-state index is 7.04. The predicted molar refractivity (Wildman–Crippen MR) is 206 cm³/mol. The molecular formula is C46H30N2O. The lowest BCUT2D eigenvalue weighted by Crippen LogP contribution is -2.10. The van der Waals surface area contributed by atoms with Crippen LogP contribution in [0.15, 0.2) is 180 Å². The molecular weight excluding hydrogens is 597 g/mol. The Hall–Kier alpha value is -6.58. The SMILES string of the molecule is c1ccc(-c2ccc(N(c3ccc4ccccc4c3)c3cccc4c3oc3c(-c5cccc6c5[nH]c5ccccc56)cccc34)cc2)cc1. The first kappa shape index (κ1) is 27.5. The second-order valence-corrected chi connectivity index (χ2v) is 12.6. The number of aromatic nitrogens is 1. The summed E-state index contributed by atoms with van der Waals surface area (Å²) in [4.78, 5) is 6.02. The van der Waals surface area contributed by atoms with E-state index in [4.69, 9.17) is 4.42 Å². The van der Waals surface area contributed by atoms with Crippen molar-refractivity contribution in [3.8, 4) is 22.3 Å². The van der Waals surface area contributed by atoms with Gasteiger partial charge in [-0.25, -0.2) is 0 Å². The van der Waals surface area contributed by atoms with Gasteiger partial charge in [-0.3, -0.25) is 0 Å². The fourth-order valence-corrected chi connectivity index (χ4v) is 7.47. The van der Waals surface area contributed by atoms with Crippen molar-refractivity contribution in [2.75, 3.05) is 4.90 Å². The molecule has 0 spiro atoms. The predicted octanol–water partition coefficient (Wildman–Crippen LogP) is 13.2. The summed E-state index contributed by atoms with van der Waals surface area (Å²) in [5.74, 6) is 0. The van der Waals surface area contributed by atoms with E-state index in [1.54, 1.807) is 0 Å². The number of benzene rings is 8. The maximum Gasteiger partial charge on any atom is 0.159 e. The Balaban J connectivity index is 1.19. The quantitative estimate of drug-likeness (QED) is 0.206. The van der Waals surface area contributed by atoms with Crippen LogP contribution in [0.1, 0.15) is 0 Å². The van der Waals surface area contributed by atoms with Crippen molar-refractivity contribution in [1.29, 1.82) is 0 Å². The molecule has 0 fully saturated rings. The normalized spacial score (nSPS) is 11.7. The summed E-state index contributed by atoms with van der Waals surface area (Å²) < 4.78 is 7.04. The van der Waals surface area contributed by atoms with Crippen molar-refractivity contribution in [1.82, 2.24) is 4.98 Å². The van der Waals surface area contributed by atoms with E-state index in [9.17, 15) is 0 Å². The number of rotatable bonds is 5. The minimum absolute atomic E-state index is 0.856. The molecule has 2 heterocycles. The molecule has 1 N–H and O–H groups in total. The van der Waals surface area contributed by atoms with Crippen molar-refractivity contribution in [3.63, 3.8) is 0 Å². The van der Waals surface area contributed by atoms with Gasteiger partial charge in [-0.2, -0.15) is 0 Å². The van der Waals surface area contributed by atoms with Crippen molar-refractivity contribution in [3.05, 3.63) is 176 Å². The second-order valence-electron chi connectivity index (χ2n) is 12.6. The molecule has 0 bridgehead atoms. The maximum atomic E-state index is 7.04. The first-order valence-electron chi connectivity index (χ1n) is 16.7. The number of furan rings is 1. The molecule has 8 aromatic carbocycles. The van der Waals surface area contributed by atoms with Gasteiger partial charge in [0.2, 0.25) is 0 Å². The van der Waals surface area contributed by atoms with E-state index < -0.39 is 0 Å². The fourth-order valence-electron chi connectivity index (χ4n) is 7.47. The Morgan fingerprint density at radius 3 is 1.90 bits per heavy atom. The Bertz CT molecular complexity index is 2830. The molecule has 0 aliphatic carbocycles. The molecule has 0 amide bonds. The van der Waals surface area contributed by atoms with Crippen LogP contribution in [-0.2, 0) is 0 Å². The van der Waals surface area contributed by atoms with Gasteiger partial charge in [-0.1, -0.05) is 140 Å². The van der Waals surface area contributed by atoms with E-state index in [-0.39, 0.29) is 0 Å². The van der Waals surface area contributed by atoms with Crippen LogP contribution in [0.25, 0.3) is 76.8 Å². The fraction of sp³-hybridized carbons (Fsp3) is 0. The van der Waals surface area contributed by atoms with Gasteiger partial charge < -0.3 is 14.3 Å². The van der Waals surface area contributed by atoms with Crippen LogP contribution < -0.4 is 4.90 Å². The zero-order valence-electron chi connectivity index (χ0n) is 26.6. The summed E-state index contributed by atoms with van der Waals surface area (Å²) in [6, 6.07) is 62.6. The first-order valence-corrected chi connectivity index (χ1v) is 16.7. The van der Waals surface area contributed by atoms with E-state index >= 15 is 0 Å². The van der Waals surface area contributed by atoms with Crippen LogP contribution in [0.2, 0.25) is 0 Å². The summed E-state index contributed by atoms with van der Waals surface area (Å²) in [5.41, 5.74) is 11.7. The molecule has 49 heavy (non-hydrogen) atoms. The third-order valence-electron chi connectivity index (χ3n) is 9.80. The van der Waals surface area contributed by atoms with Crippen LogP contribution >= 0.6 is 0 Å². The zero-order chi connectivity index (χ0) is 32.3. The molecule has 230 valence electrons. The highest BCUT2D eigenvalue weighted by molar-refractivity contribution is 6.17. The lowest BCUT2D eigenvalue weighted by molar-refractivity contribution is 0.670. The molecule has 0 aliphatic heterocycles. The van der Waals surface area contributed by atoms with Gasteiger partial charge in [0.15, 0.2) is 5.58 Å². The number of nitrogens with zero attached hydrogens (tertiary/aromatic N) is 1. The summed E-state index contributed by atoms with van der Waals surface area (Å²) in [6.45, 7) is 0. The third-order valence-corrected chi connectivity index (χ3v) is 9.80. The Labute approximate surface area is 283 Å². The number of anilines is 3. The van der Waals surface area contributed by atoms with E-state index in [1.165, 1.54) is 32.7 Å². The minimum atomic E-state index is 0.856. The summed E-state index contributed by atoms with van der Waals surface area (Å²) in [6.07, 6.45) is 0. The van der Waals surface area contributed by atoms with Gasteiger partial charge >= 0.3 is 0 Å². The van der Waals surface area contributed by atoms with Gasteiger partial charge in [0.25, 0.3) is 0 Å². The van der Waals surface area contributed by atoms with Gasteiger partial charge in [0.05, 0.1) is 11.2 Å². The molecule has 0 aliphatic rings. The van der Waals surface area contributed by atoms with Crippen LogP contribution in [0, 0.1) is 0 Å². The van der Waals surface area contributed by atoms with Crippen LogP contribution in [0.3, 0.4) is 0 Å². The topological polar surface area (TPSA) is 32.2 Å². The van der Waals surface area contributed by atoms with Crippen LogP contribution in [0.4, 0.5) is 17.1 Å². The van der Waals surface area contributed by atoms with Crippen LogP contribution in [-0.4, -0.2) is 4.98 Å². The highest BCUT2D eigenvalue weighted by Gasteiger charge is 2.22. The lowest BCUT2D eigenvalue weighted by Gasteiger charge is -2.26. The number of nitrogens with one attached hydrogen (secondary N) is 1. The minimum Gasteiger partial charge on any atom is -0.453 e. The number of para-hydroxylation sites is 4. The average molecular weight is 627 g/mol. The summed E-state index contributed by atoms with van der Waals surface area (Å²) in [7, 11) is 0. The van der Waals surface area contributed by atoms with Gasteiger partial charge in [-0.15, -0.1) is 0 Å². The van der Waals surface area contributed by atoms with E-state index in [2.05, 4.69) is 186 Å². The van der Waals surface area contributed by atoms with Gasteiger partial charge in [-0.05, 0) is 58.3 Å². The molecule has 0 saturated heterocycles. The van der Waals surface area contributed by atoms with Crippen molar-refractivity contribution < 1.29 is 4.42 Å². The number of hydrogen-bond acceptors (Lipinski definition) is 2. The number of H-pyrrole nitrogens is 1. The third kappa shape index (κ3) is 4.44. The number of hydrogen-bond donors (Lipinski definition) is 1. The molecule has 10 rings (SSSR count). The summed E-state index contributed by atoms with van der Waals surface area (Å²) >= 11 is 0. The smallest absolute Gasteiger partial charge is 0.159 e. The molecule has 0 radical (unpaired) electrons. The van der Waals surface area contributed by atoms with Crippen LogP contribution in [0.5, 0.6) is 0 Å². The Morgan fingerprint density at radius 2 is 1.04 bits per heavy atom. The van der Waals surface area contributed by atoms with E-state index in [0.29, 0.717) is 0 Å². The van der Waals surface area contributed by atoms with Crippen molar-refractivity contribution in [2.24, 2.45) is 0 Å². The van der Waals surface area contributed by atoms with E-state index in [1.807, 2.05) is 0 Å².